The molecule has 158 valence electrons. The quantitative estimate of drug-likeness (QED) is 0.297. The van der Waals surface area contributed by atoms with Crippen molar-refractivity contribution in [3.63, 3.8) is 0 Å². The van der Waals surface area contributed by atoms with Crippen LogP contribution in [-0.4, -0.2) is 16.7 Å². The van der Waals surface area contributed by atoms with Gasteiger partial charge in [-0.25, -0.2) is 0 Å². The normalized spacial score (nSPS) is 11.4. The second-order valence-electron chi connectivity index (χ2n) is 6.88. The molecule has 31 heavy (non-hydrogen) atoms. The molecule has 0 aliphatic carbocycles. The van der Waals surface area contributed by atoms with Crippen LogP contribution in [0.5, 0.6) is 0 Å². The molecular formula is C23H21N3O4S. The summed E-state index contributed by atoms with van der Waals surface area (Å²) < 4.78 is 0. The van der Waals surface area contributed by atoms with E-state index in [1.807, 2.05) is 42.5 Å². The molecule has 0 heterocycles. The van der Waals surface area contributed by atoms with E-state index in [9.17, 15) is 19.7 Å². The van der Waals surface area contributed by atoms with Crippen LogP contribution < -0.4 is 10.6 Å². The van der Waals surface area contributed by atoms with Gasteiger partial charge in [-0.15, -0.1) is 11.8 Å². The Morgan fingerprint density at radius 2 is 1.65 bits per heavy atom. The number of benzene rings is 3. The fourth-order valence-electron chi connectivity index (χ4n) is 2.95. The fourth-order valence-corrected chi connectivity index (χ4v) is 3.98. The Kier molecular flexibility index (Phi) is 7.04. The lowest BCUT2D eigenvalue weighted by molar-refractivity contribution is -0.384. The first kappa shape index (κ1) is 22.0. The number of thioether (sulfide) groups is 1. The molecule has 3 aromatic rings. The van der Waals surface area contributed by atoms with Gasteiger partial charge < -0.3 is 10.6 Å². The van der Waals surface area contributed by atoms with E-state index in [4.69, 9.17) is 0 Å². The van der Waals surface area contributed by atoms with E-state index in [1.165, 1.54) is 24.8 Å². The molecule has 0 fully saturated rings. The van der Waals surface area contributed by atoms with Crippen molar-refractivity contribution >= 4 is 40.6 Å². The SMILES string of the molecule is CC(=O)Nc1ccc(SC(C(=O)Nc2ccc(C)cc2[N+](=O)[O-])c2ccccc2)cc1. The Morgan fingerprint density at radius 3 is 2.26 bits per heavy atom. The molecule has 0 radical (unpaired) electrons. The Morgan fingerprint density at radius 1 is 0.968 bits per heavy atom. The van der Waals surface area contributed by atoms with Crippen LogP contribution in [0.2, 0.25) is 0 Å². The number of rotatable bonds is 7. The van der Waals surface area contributed by atoms with Gasteiger partial charge in [-0.3, -0.25) is 19.7 Å². The van der Waals surface area contributed by atoms with Crippen LogP contribution in [0.4, 0.5) is 17.1 Å². The number of nitro benzene ring substituents is 1. The highest BCUT2D eigenvalue weighted by atomic mass is 32.2. The minimum atomic E-state index is -0.631. The number of hydrogen-bond acceptors (Lipinski definition) is 5. The average Bonchev–Trinajstić information content (AvgIpc) is 2.74. The number of aryl methyl sites for hydroxylation is 1. The fraction of sp³-hybridized carbons (Fsp3) is 0.130. The van der Waals surface area contributed by atoms with Crippen molar-refractivity contribution in [2.45, 2.75) is 24.0 Å². The molecule has 3 rings (SSSR count). The number of carbonyl (C=O) groups is 2. The highest BCUT2D eigenvalue weighted by molar-refractivity contribution is 8.00. The van der Waals surface area contributed by atoms with Crippen LogP contribution in [0.1, 0.15) is 23.3 Å². The Balaban J connectivity index is 1.87. The van der Waals surface area contributed by atoms with Gasteiger partial charge in [-0.2, -0.15) is 0 Å². The van der Waals surface area contributed by atoms with Crippen LogP contribution in [0, 0.1) is 17.0 Å². The van der Waals surface area contributed by atoms with Gasteiger partial charge in [0.1, 0.15) is 10.9 Å². The van der Waals surface area contributed by atoms with Gasteiger partial charge in [0.05, 0.1) is 4.92 Å². The molecule has 0 aromatic heterocycles. The first-order valence-electron chi connectivity index (χ1n) is 9.48. The molecule has 0 saturated carbocycles. The van der Waals surface area contributed by atoms with E-state index < -0.39 is 10.2 Å². The molecule has 0 spiro atoms. The summed E-state index contributed by atoms with van der Waals surface area (Å²) in [7, 11) is 0. The van der Waals surface area contributed by atoms with E-state index in [-0.39, 0.29) is 23.2 Å². The summed E-state index contributed by atoms with van der Waals surface area (Å²) in [6.45, 7) is 3.19. The lowest BCUT2D eigenvalue weighted by Gasteiger charge is -2.17. The van der Waals surface area contributed by atoms with E-state index >= 15 is 0 Å². The van der Waals surface area contributed by atoms with Crippen LogP contribution in [0.15, 0.2) is 77.7 Å². The van der Waals surface area contributed by atoms with Gasteiger partial charge in [0.25, 0.3) is 5.69 Å². The highest BCUT2D eigenvalue weighted by Gasteiger charge is 2.25. The van der Waals surface area contributed by atoms with Crippen molar-refractivity contribution < 1.29 is 14.5 Å². The summed E-state index contributed by atoms with van der Waals surface area (Å²) in [6.07, 6.45) is 0. The lowest BCUT2D eigenvalue weighted by atomic mass is 10.1. The number of nitro groups is 1. The Bertz CT molecular complexity index is 1100. The van der Waals surface area contributed by atoms with Crippen LogP contribution in [-0.2, 0) is 9.59 Å². The highest BCUT2D eigenvalue weighted by Crippen LogP contribution is 2.37. The molecule has 0 bridgehead atoms. The van der Waals surface area contributed by atoms with Gasteiger partial charge in [-0.05, 0) is 48.4 Å². The minimum absolute atomic E-state index is 0.148. The number of anilines is 2. The minimum Gasteiger partial charge on any atom is -0.326 e. The largest absolute Gasteiger partial charge is 0.326 e. The predicted molar refractivity (Wildman–Crippen MR) is 122 cm³/mol. The number of carbonyl (C=O) groups excluding carboxylic acids is 2. The van der Waals surface area contributed by atoms with Crippen molar-refractivity contribution in [2.75, 3.05) is 10.6 Å². The van der Waals surface area contributed by atoms with E-state index in [0.29, 0.717) is 5.69 Å². The first-order chi connectivity index (χ1) is 14.8. The second kappa shape index (κ2) is 9.90. The monoisotopic (exact) mass is 435 g/mol. The first-order valence-corrected chi connectivity index (χ1v) is 10.4. The van der Waals surface area contributed by atoms with Gasteiger partial charge in [-0.1, -0.05) is 36.4 Å². The Hall–Kier alpha value is -3.65. The van der Waals surface area contributed by atoms with Crippen molar-refractivity contribution in [1.29, 1.82) is 0 Å². The summed E-state index contributed by atoms with van der Waals surface area (Å²) >= 11 is 1.32. The number of amides is 2. The van der Waals surface area contributed by atoms with Gasteiger partial charge in [0, 0.05) is 23.6 Å². The summed E-state index contributed by atoms with van der Waals surface area (Å²) in [4.78, 5) is 36.1. The summed E-state index contributed by atoms with van der Waals surface area (Å²) in [5, 5.41) is 16.2. The van der Waals surface area contributed by atoms with Crippen LogP contribution in [0.3, 0.4) is 0 Å². The van der Waals surface area contributed by atoms with Gasteiger partial charge >= 0.3 is 0 Å². The standard InChI is InChI=1S/C23H21N3O4S/c1-15-8-13-20(21(14-15)26(29)30)25-23(28)22(17-6-4-3-5-7-17)31-19-11-9-18(10-12-19)24-16(2)27/h3-14,22H,1-2H3,(H,24,27)(H,25,28). The smallest absolute Gasteiger partial charge is 0.293 e. The third-order valence-electron chi connectivity index (χ3n) is 4.38. The summed E-state index contributed by atoms with van der Waals surface area (Å²) in [6, 6.07) is 21.0. The number of hydrogen-bond donors (Lipinski definition) is 2. The predicted octanol–water partition coefficient (Wildman–Crippen LogP) is 5.33. The lowest BCUT2D eigenvalue weighted by Crippen LogP contribution is -2.19. The zero-order valence-electron chi connectivity index (χ0n) is 17.0. The molecule has 1 unspecified atom stereocenters. The van der Waals surface area contributed by atoms with E-state index in [0.717, 1.165) is 16.0 Å². The van der Waals surface area contributed by atoms with Crippen LogP contribution >= 0.6 is 11.8 Å². The maximum absolute atomic E-state index is 13.2. The van der Waals surface area contributed by atoms with Crippen molar-refractivity contribution in [3.8, 4) is 0 Å². The maximum Gasteiger partial charge on any atom is 0.293 e. The van der Waals surface area contributed by atoms with Crippen molar-refractivity contribution in [3.05, 3.63) is 94.0 Å². The molecule has 7 nitrogen and oxygen atoms in total. The van der Waals surface area contributed by atoms with E-state index in [1.54, 1.807) is 31.2 Å². The van der Waals surface area contributed by atoms with Crippen molar-refractivity contribution in [2.24, 2.45) is 0 Å². The molecule has 2 N–H and O–H groups in total. The molecule has 0 saturated heterocycles. The topological polar surface area (TPSA) is 101 Å². The molecular weight excluding hydrogens is 414 g/mol. The average molecular weight is 436 g/mol. The third-order valence-corrected chi connectivity index (χ3v) is 5.64. The summed E-state index contributed by atoms with van der Waals surface area (Å²) in [5.41, 5.74) is 2.17. The third kappa shape index (κ3) is 5.93. The molecule has 3 aromatic carbocycles. The molecule has 0 aliphatic rings. The second-order valence-corrected chi connectivity index (χ2v) is 8.06. The van der Waals surface area contributed by atoms with E-state index in [2.05, 4.69) is 10.6 Å². The molecule has 2 amide bonds. The molecule has 1 atom stereocenters. The zero-order chi connectivity index (χ0) is 22.4. The van der Waals surface area contributed by atoms with Gasteiger partial charge in [0.15, 0.2) is 0 Å². The molecule has 0 aliphatic heterocycles. The Labute approximate surface area is 184 Å². The summed E-state index contributed by atoms with van der Waals surface area (Å²) in [5.74, 6) is -0.532. The maximum atomic E-state index is 13.2. The number of nitrogens with zero attached hydrogens (tertiary/aromatic N) is 1. The molecule has 8 heteroatoms. The number of nitrogens with one attached hydrogen (secondary N) is 2. The van der Waals surface area contributed by atoms with Crippen molar-refractivity contribution in [1.82, 2.24) is 0 Å². The zero-order valence-corrected chi connectivity index (χ0v) is 17.8. The van der Waals surface area contributed by atoms with Gasteiger partial charge in [0.2, 0.25) is 11.8 Å². The van der Waals surface area contributed by atoms with Crippen LogP contribution in [0.25, 0.3) is 0 Å².